The number of phenols is 1. The highest BCUT2D eigenvalue weighted by atomic mass is 16.5. The van der Waals surface area contributed by atoms with E-state index in [9.17, 15) is 5.11 Å². The first-order valence-corrected chi connectivity index (χ1v) is 7.34. The number of rotatable bonds is 3. The Morgan fingerprint density at radius 2 is 2.20 bits per heavy atom. The minimum absolute atomic E-state index is 0.206. The molecule has 0 radical (unpaired) electrons. The Balaban J connectivity index is 1.78. The summed E-state index contributed by atoms with van der Waals surface area (Å²) in [7, 11) is 1.59. The average Bonchev–Trinajstić information content (AvgIpc) is 2.96. The van der Waals surface area contributed by atoms with Gasteiger partial charge in [-0.2, -0.15) is 0 Å². The lowest BCUT2D eigenvalue weighted by molar-refractivity contribution is 0.132. The van der Waals surface area contributed by atoms with Crippen molar-refractivity contribution < 1.29 is 9.84 Å². The molecule has 0 spiro atoms. The Bertz CT molecular complexity index is 501. The van der Waals surface area contributed by atoms with Crippen LogP contribution in [0.1, 0.15) is 19.4 Å². The number of nitrogens with one attached hydrogen (secondary N) is 1. The first-order chi connectivity index (χ1) is 9.52. The van der Waals surface area contributed by atoms with Gasteiger partial charge in [-0.3, -0.25) is 4.90 Å². The van der Waals surface area contributed by atoms with Crippen molar-refractivity contribution in [1.82, 2.24) is 10.2 Å². The van der Waals surface area contributed by atoms with Crippen LogP contribution < -0.4 is 10.1 Å². The number of likely N-dealkylation sites (tertiary alicyclic amines) is 1. The Hall–Kier alpha value is -1.26. The number of methoxy groups -OCH3 is 1. The van der Waals surface area contributed by atoms with Gasteiger partial charge >= 0.3 is 0 Å². The summed E-state index contributed by atoms with van der Waals surface area (Å²) in [6.45, 7) is 9.03. The van der Waals surface area contributed by atoms with Crippen LogP contribution in [-0.2, 0) is 6.54 Å². The van der Waals surface area contributed by atoms with Crippen molar-refractivity contribution in [2.24, 2.45) is 11.8 Å². The second-order valence-electron chi connectivity index (χ2n) is 6.57. The molecule has 1 aromatic carbocycles. The molecule has 0 saturated carbocycles. The Morgan fingerprint density at radius 3 is 2.90 bits per heavy atom. The third-order valence-corrected chi connectivity index (χ3v) is 5.13. The number of hydrogen-bond donors (Lipinski definition) is 2. The van der Waals surface area contributed by atoms with E-state index in [1.165, 1.54) is 5.56 Å². The van der Waals surface area contributed by atoms with Gasteiger partial charge in [0, 0.05) is 25.2 Å². The lowest BCUT2D eigenvalue weighted by Crippen LogP contribution is -2.43. The fourth-order valence-corrected chi connectivity index (χ4v) is 3.81. The third kappa shape index (κ3) is 2.17. The average molecular weight is 276 g/mol. The summed E-state index contributed by atoms with van der Waals surface area (Å²) in [6.07, 6.45) is 0. The lowest BCUT2D eigenvalue weighted by atomic mass is 9.85. The van der Waals surface area contributed by atoms with Crippen molar-refractivity contribution in [2.45, 2.75) is 25.9 Å². The van der Waals surface area contributed by atoms with Crippen LogP contribution in [0.5, 0.6) is 11.5 Å². The third-order valence-electron chi connectivity index (χ3n) is 5.13. The molecule has 2 heterocycles. The largest absolute Gasteiger partial charge is 0.504 e. The van der Waals surface area contributed by atoms with E-state index in [1.807, 2.05) is 12.1 Å². The summed E-state index contributed by atoms with van der Waals surface area (Å²) >= 11 is 0. The molecule has 110 valence electrons. The predicted molar refractivity (Wildman–Crippen MR) is 79.0 cm³/mol. The van der Waals surface area contributed by atoms with E-state index in [4.69, 9.17) is 4.74 Å². The summed E-state index contributed by atoms with van der Waals surface area (Å²) in [5.74, 6) is 2.27. The van der Waals surface area contributed by atoms with Crippen LogP contribution >= 0.6 is 0 Å². The number of ether oxygens (including phenoxy) is 1. The molecule has 2 fully saturated rings. The number of aromatic hydroxyl groups is 1. The van der Waals surface area contributed by atoms with E-state index in [1.54, 1.807) is 13.2 Å². The maximum absolute atomic E-state index is 9.68. The summed E-state index contributed by atoms with van der Waals surface area (Å²) < 4.78 is 5.20. The van der Waals surface area contributed by atoms with E-state index in [0.29, 0.717) is 5.75 Å². The van der Waals surface area contributed by atoms with Crippen molar-refractivity contribution in [3.8, 4) is 11.5 Å². The molecule has 20 heavy (non-hydrogen) atoms. The van der Waals surface area contributed by atoms with E-state index in [2.05, 4.69) is 24.1 Å². The van der Waals surface area contributed by atoms with Gasteiger partial charge in [0.05, 0.1) is 7.11 Å². The normalized spacial score (nSPS) is 28.6. The van der Waals surface area contributed by atoms with Crippen molar-refractivity contribution in [2.75, 3.05) is 26.7 Å². The first kappa shape index (κ1) is 13.7. The molecule has 4 nitrogen and oxygen atoms in total. The van der Waals surface area contributed by atoms with Crippen molar-refractivity contribution >= 4 is 0 Å². The molecule has 0 aliphatic carbocycles. The Morgan fingerprint density at radius 1 is 1.40 bits per heavy atom. The molecule has 2 aliphatic rings. The molecule has 1 aromatic rings. The standard InChI is InChI=1S/C16H24N2O2/c1-16(2)13-8-17-7-12(13)10-18(16)9-11-4-5-14(19)15(6-11)20-3/h4-6,12-13,17,19H,7-10H2,1-3H3. The first-order valence-electron chi connectivity index (χ1n) is 7.34. The van der Waals surface area contributed by atoms with Gasteiger partial charge in [0.25, 0.3) is 0 Å². The van der Waals surface area contributed by atoms with Crippen LogP contribution in [0, 0.1) is 11.8 Å². The minimum Gasteiger partial charge on any atom is -0.504 e. The smallest absolute Gasteiger partial charge is 0.160 e. The van der Waals surface area contributed by atoms with Crippen LogP contribution in [0.2, 0.25) is 0 Å². The van der Waals surface area contributed by atoms with Crippen LogP contribution in [0.15, 0.2) is 18.2 Å². The molecule has 2 saturated heterocycles. The zero-order valence-electron chi connectivity index (χ0n) is 12.5. The van der Waals surface area contributed by atoms with Gasteiger partial charge in [-0.15, -0.1) is 0 Å². The van der Waals surface area contributed by atoms with E-state index >= 15 is 0 Å². The van der Waals surface area contributed by atoms with E-state index in [-0.39, 0.29) is 11.3 Å². The summed E-state index contributed by atoms with van der Waals surface area (Å²) in [5, 5.41) is 13.2. The highest BCUT2D eigenvalue weighted by molar-refractivity contribution is 5.41. The maximum atomic E-state index is 9.68. The number of hydrogen-bond acceptors (Lipinski definition) is 4. The molecule has 0 amide bonds. The van der Waals surface area contributed by atoms with Gasteiger partial charge in [0.15, 0.2) is 11.5 Å². The monoisotopic (exact) mass is 276 g/mol. The highest BCUT2D eigenvalue weighted by Crippen LogP contribution is 2.41. The van der Waals surface area contributed by atoms with Crippen molar-refractivity contribution in [3.05, 3.63) is 23.8 Å². The fraction of sp³-hybridized carbons (Fsp3) is 0.625. The number of benzene rings is 1. The molecule has 0 bridgehead atoms. The summed E-state index contributed by atoms with van der Waals surface area (Å²) in [5.41, 5.74) is 1.42. The second-order valence-corrected chi connectivity index (χ2v) is 6.57. The fourth-order valence-electron chi connectivity index (χ4n) is 3.81. The van der Waals surface area contributed by atoms with E-state index in [0.717, 1.165) is 38.0 Å². The highest BCUT2D eigenvalue weighted by Gasteiger charge is 2.49. The summed E-state index contributed by atoms with van der Waals surface area (Å²) in [6, 6.07) is 5.65. The molecule has 2 unspecified atom stereocenters. The summed E-state index contributed by atoms with van der Waals surface area (Å²) in [4.78, 5) is 2.56. The van der Waals surface area contributed by atoms with Gasteiger partial charge in [0.1, 0.15) is 0 Å². The number of fused-ring (bicyclic) bond motifs is 1. The van der Waals surface area contributed by atoms with Crippen molar-refractivity contribution in [3.63, 3.8) is 0 Å². The van der Waals surface area contributed by atoms with Gasteiger partial charge in [-0.05, 0) is 49.9 Å². The second kappa shape index (κ2) is 4.93. The van der Waals surface area contributed by atoms with Crippen molar-refractivity contribution in [1.29, 1.82) is 0 Å². The van der Waals surface area contributed by atoms with Gasteiger partial charge in [0.2, 0.25) is 0 Å². The molecular weight excluding hydrogens is 252 g/mol. The quantitative estimate of drug-likeness (QED) is 0.884. The predicted octanol–water partition coefficient (Wildman–Crippen LogP) is 1.83. The Kier molecular flexibility index (Phi) is 3.38. The molecule has 2 aliphatic heterocycles. The van der Waals surface area contributed by atoms with Crippen LogP contribution in [0.3, 0.4) is 0 Å². The molecular formula is C16H24N2O2. The molecule has 4 heteroatoms. The van der Waals surface area contributed by atoms with Gasteiger partial charge in [-0.1, -0.05) is 6.07 Å². The molecule has 2 N–H and O–H groups in total. The number of phenolic OH excluding ortho intramolecular Hbond substituents is 1. The maximum Gasteiger partial charge on any atom is 0.160 e. The SMILES string of the molecule is COc1cc(CN2CC3CNCC3C2(C)C)ccc1O. The lowest BCUT2D eigenvalue weighted by Gasteiger charge is -2.35. The molecule has 2 atom stereocenters. The zero-order chi connectivity index (χ0) is 14.3. The van der Waals surface area contributed by atoms with E-state index < -0.39 is 0 Å². The topological polar surface area (TPSA) is 44.7 Å². The molecule has 0 aromatic heterocycles. The van der Waals surface area contributed by atoms with Crippen LogP contribution in [0.25, 0.3) is 0 Å². The van der Waals surface area contributed by atoms with Gasteiger partial charge < -0.3 is 15.2 Å². The van der Waals surface area contributed by atoms with Crippen LogP contribution in [0.4, 0.5) is 0 Å². The Labute approximate surface area is 120 Å². The minimum atomic E-state index is 0.206. The molecule has 3 rings (SSSR count). The number of nitrogens with zero attached hydrogens (tertiary/aromatic N) is 1. The van der Waals surface area contributed by atoms with Gasteiger partial charge in [-0.25, -0.2) is 0 Å². The van der Waals surface area contributed by atoms with Crippen LogP contribution in [-0.4, -0.2) is 42.3 Å². The zero-order valence-corrected chi connectivity index (χ0v) is 12.5.